The summed E-state index contributed by atoms with van der Waals surface area (Å²) >= 11 is 0. The van der Waals surface area contributed by atoms with Gasteiger partial charge >= 0.3 is 0 Å². The van der Waals surface area contributed by atoms with Gasteiger partial charge in [-0.3, -0.25) is 14.5 Å². The molecule has 0 radical (unpaired) electrons. The predicted octanol–water partition coefficient (Wildman–Crippen LogP) is 2.90. The highest BCUT2D eigenvalue weighted by atomic mass is 16.5. The first-order chi connectivity index (χ1) is 12.1. The number of ketones is 1. The molecule has 1 fully saturated rings. The summed E-state index contributed by atoms with van der Waals surface area (Å²) in [5.74, 6) is -0.114. The van der Waals surface area contributed by atoms with Crippen molar-refractivity contribution in [3.8, 4) is 0 Å². The Kier molecular flexibility index (Phi) is 5.58. The van der Waals surface area contributed by atoms with Crippen LogP contribution in [0.2, 0.25) is 0 Å². The number of Topliss-reactive ketones (excluding diaryl/α,β-unsaturated/α-hetero) is 1. The van der Waals surface area contributed by atoms with E-state index in [-0.39, 0.29) is 24.3 Å². The number of carbonyl (C=O) groups is 2. The molecular weight excluding hydrogens is 316 g/mol. The molecular formula is C20H22N2O3. The largest absolute Gasteiger partial charge is 0.378 e. The van der Waals surface area contributed by atoms with Crippen LogP contribution in [0, 0.1) is 0 Å². The molecule has 0 bridgehead atoms. The number of benzene rings is 2. The van der Waals surface area contributed by atoms with E-state index >= 15 is 0 Å². The van der Waals surface area contributed by atoms with Crippen LogP contribution in [0.1, 0.15) is 28.9 Å². The van der Waals surface area contributed by atoms with Crippen molar-refractivity contribution in [3.63, 3.8) is 0 Å². The molecule has 5 heteroatoms. The fraction of sp³-hybridized carbons (Fsp3) is 0.300. The Hall–Kier alpha value is -2.50. The Morgan fingerprint density at radius 1 is 1.16 bits per heavy atom. The molecule has 3 rings (SSSR count). The minimum absolute atomic E-state index is 0.0200. The Bertz CT molecular complexity index is 746. The maximum Gasteiger partial charge on any atom is 0.238 e. The van der Waals surface area contributed by atoms with Crippen LogP contribution in [-0.2, 0) is 9.53 Å². The van der Waals surface area contributed by atoms with Gasteiger partial charge in [-0.1, -0.05) is 42.5 Å². The lowest BCUT2D eigenvalue weighted by atomic mass is 10.0. The van der Waals surface area contributed by atoms with E-state index in [1.807, 2.05) is 18.2 Å². The van der Waals surface area contributed by atoms with Crippen molar-refractivity contribution < 1.29 is 14.3 Å². The van der Waals surface area contributed by atoms with E-state index in [0.29, 0.717) is 31.0 Å². The van der Waals surface area contributed by atoms with Crippen molar-refractivity contribution in [1.29, 1.82) is 0 Å². The lowest BCUT2D eigenvalue weighted by Crippen LogP contribution is -2.43. The zero-order valence-corrected chi connectivity index (χ0v) is 14.3. The standard InChI is InChI=1S/C20H22N2O3/c1-15(23)17-8-5-9-18(12-17)21-20(24)13-22-10-11-25-14-19(22)16-6-3-2-4-7-16/h2-9,12,19H,10-11,13-14H2,1H3,(H,21,24)/t19-/m1/s1. The molecule has 1 heterocycles. The van der Waals surface area contributed by atoms with Crippen LogP contribution in [0.25, 0.3) is 0 Å². The number of carbonyl (C=O) groups excluding carboxylic acids is 2. The maximum absolute atomic E-state index is 12.5. The molecule has 1 saturated heterocycles. The molecule has 2 aromatic carbocycles. The van der Waals surface area contributed by atoms with E-state index in [0.717, 1.165) is 5.56 Å². The van der Waals surface area contributed by atoms with Gasteiger partial charge in [-0.05, 0) is 24.6 Å². The van der Waals surface area contributed by atoms with E-state index in [1.54, 1.807) is 24.3 Å². The molecule has 0 spiro atoms. The molecule has 0 aromatic heterocycles. The van der Waals surface area contributed by atoms with Gasteiger partial charge < -0.3 is 10.1 Å². The van der Waals surface area contributed by atoms with E-state index in [2.05, 4.69) is 22.3 Å². The van der Waals surface area contributed by atoms with Crippen LogP contribution in [0.15, 0.2) is 54.6 Å². The van der Waals surface area contributed by atoms with E-state index in [9.17, 15) is 9.59 Å². The average Bonchev–Trinajstić information content (AvgIpc) is 2.63. The van der Waals surface area contributed by atoms with E-state index < -0.39 is 0 Å². The number of nitrogens with one attached hydrogen (secondary N) is 1. The lowest BCUT2D eigenvalue weighted by molar-refractivity contribution is -0.119. The topological polar surface area (TPSA) is 58.6 Å². The molecule has 1 N–H and O–H groups in total. The first-order valence-electron chi connectivity index (χ1n) is 8.41. The van der Waals surface area contributed by atoms with Crippen LogP contribution in [0.5, 0.6) is 0 Å². The highest BCUT2D eigenvalue weighted by Gasteiger charge is 2.26. The van der Waals surface area contributed by atoms with Gasteiger partial charge in [0.1, 0.15) is 0 Å². The van der Waals surface area contributed by atoms with E-state index in [1.165, 1.54) is 6.92 Å². The van der Waals surface area contributed by atoms with Gasteiger partial charge in [0.2, 0.25) is 5.91 Å². The number of ether oxygens (including phenoxy) is 1. The quantitative estimate of drug-likeness (QED) is 0.852. The van der Waals surface area contributed by atoms with Crippen molar-refractivity contribution in [2.75, 3.05) is 31.6 Å². The number of rotatable bonds is 5. The molecule has 5 nitrogen and oxygen atoms in total. The molecule has 1 aliphatic rings. The Morgan fingerprint density at radius 2 is 1.96 bits per heavy atom. The summed E-state index contributed by atoms with van der Waals surface area (Å²) in [6.07, 6.45) is 0. The van der Waals surface area contributed by atoms with Crippen molar-refractivity contribution in [1.82, 2.24) is 4.90 Å². The summed E-state index contributed by atoms with van der Waals surface area (Å²) in [5, 5.41) is 2.88. The van der Waals surface area contributed by atoms with Crippen LogP contribution < -0.4 is 5.32 Å². The van der Waals surface area contributed by atoms with Crippen LogP contribution >= 0.6 is 0 Å². The smallest absolute Gasteiger partial charge is 0.238 e. The average molecular weight is 338 g/mol. The van der Waals surface area contributed by atoms with Crippen molar-refractivity contribution in [3.05, 3.63) is 65.7 Å². The first kappa shape index (κ1) is 17.3. The second-order valence-electron chi connectivity index (χ2n) is 6.16. The monoisotopic (exact) mass is 338 g/mol. The highest BCUT2D eigenvalue weighted by Crippen LogP contribution is 2.23. The molecule has 25 heavy (non-hydrogen) atoms. The fourth-order valence-electron chi connectivity index (χ4n) is 3.01. The molecule has 1 amide bonds. The van der Waals surface area contributed by atoms with Crippen LogP contribution in [-0.4, -0.2) is 42.9 Å². The third-order valence-electron chi connectivity index (χ3n) is 4.32. The first-order valence-corrected chi connectivity index (χ1v) is 8.41. The number of anilines is 1. The molecule has 2 aromatic rings. The second kappa shape index (κ2) is 8.05. The number of hydrogen-bond donors (Lipinski definition) is 1. The minimum Gasteiger partial charge on any atom is -0.378 e. The van der Waals surface area contributed by atoms with Crippen molar-refractivity contribution in [2.24, 2.45) is 0 Å². The zero-order valence-electron chi connectivity index (χ0n) is 14.3. The zero-order chi connectivity index (χ0) is 17.6. The summed E-state index contributed by atoms with van der Waals surface area (Å²) in [6, 6.07) is 17.2. The molecule has 0 aliphatic carbocycles. The van der Waals surface area contributed by atoms with Gasteiger partial charge in [0, 0.05) is 17.8 Å². The van der Waals surface area contributed by atoms with Crippen LogP contribution in [0.3, 0.4) is 0 Å². The maximum atomic E-state index is 12.5. The second-order valence-corrected chi connectivity index (χ2v) is 6.16. The van der Waals surface area contributed by atoms with Gasteiger partial charge in [0.25, 0.3) is 0 Å². The summed E-state index contributed by atoms with van der Waals surface area (Å²) in [6.45, 7) is 3.71. The fourth-order valence-corrected chi connectivity index (χ4v) is 3.01. The Labute approximate surface area is 147 Å². The molecule has 1 atom stereocenters. The summed E-state index contributed by atoms with van der Waals surface area (Å²) < 4.78 is 5.60. The number of nitrogens with zero attached hydrogens (tertiary/aromatic N) is 1. The Morgan fingerprint density at radius 3 is 2.72 bits per heavy atom. The van der Waals surface area contributed by atoms with Crippen LogP contribution in [0.4, 0.5) is 5.69 Å². The molecule has 1 aliphatic heterocycles. The van der Waals surface area contributed by atoms with Gasteiger partial charge in [-0.2, -0.15) is 0 Å². The number of morpholine rings is 1. The van der Waals surface area contributed by atoms with Crippen molar-refractivity contribution in [2.45, 2.75) is 13.0 Å². The van der Waals surface area contributed by atoms with Gasteiger partial charge in [0.15, 0.2) is 5.78 Å². The summed E-state index contributed by atoms with van der Waals surface area (Å²) in [5.41, 5.74) is 2.38. The normalized spacial score (nSPS) is 17.9. The van der Waals surface area contributed by atoms with Gasteiger partial charge in [-0.25, -0.2) is 0 Å². The minimum atomic E-state index is -0.0940. The number of hydrogen-bond acceptors (Lipinski definition) is 4. The lowest BCUT2D eigenvalue weighted by Gasteiger charge is -2.35. The Balaban J connectivity index is 1.66. The third kappa shape index (κ3) is 4.53. The summed E-state index contributed by atoms with van der Waals surface area (Å²) in [7, 11) is 0. The molecule has 0 unspecified atom stereocenters. The SMILES string of the molecule is CC(=O)c1cccc(NC(=O)CN2CCOC[C@@H]2c2ccccc2)c1. The summed E-state index contributed by atoms with van der Waals surface area (Å²) in [4.78, 5) is 26.1. The van der Waals surface area contributed by atoms with Gasteiger partial charge in [0.05, 0.1) is 25.8 Å². The number of amides is 1. The molecule has 130 valence electrons. The molecule has 0 saturated carbocycles. The highest BCUT2D eigenvalue weighted by molar-refractivity contribution is 5.97. The van der Waals surface area contributed by atoms with E-state index in [4.69, 9.17) is 4.74 Å². The van der Waals surface area contributed by atoms with Crippen molar-refractivity contribution >= 4 is 17.4 Å². The third-order valence-corrected chi connectivity index (χ3v) is 4.32. The van der Waals surface area contributed by atoms with Gasteiger partial charge in [-0.15, -0.1) is 0 Å². The predicted molar refractivity (Wildman–Crippen MR) is 96.7 cm³/mol.